The summed E-state index contributed by atoms with van der Waals surface area (Å²) in [5.41, 5.74) is 0.888. The number of nitrogens with zero attached hydrogens (tertiary/aromatic N) is 5. The molecule has 7 nitrogen and oxygen atoms in total. The van der Waals surface area contributed by atoms with Gasteiger partial charge in [0.1, 0.15) is 12.1 Å². The fourth-order valence-corrected chi connectivity index (χ4v) is 3.00. The first-order valence-electron chi connectivity index (χ1n) is 7.65. The summed E-state index contributed by atoms with van der Waals surface area (Å²) in [6.07, 6.45) is 2.48. The number of para-hydroxylation sites is 2. The van der Waals surface area contributed by atoms with Gasteiger partial charge in [-0.15, -0.1) is 10.2 Å². The van der Waals surface area contributed by atoms with Crippen LogP contribution < -0.4 is 4.74 Å². The molecule has 0 aliphatic heterocycles. The molecule has 0 atom stereocenters. The maximum atomic E-state index is 5.40. The second-order valence-electron chi connectivity index (χ2n) is 5.65. The van der Waals surface area contributed by atoms with Crippen molar-refractivity contribution in [2.24, 2.45) is 5.92 Å². The predicted molar refractivity (Wildman–Crippen MR) is 90.3 cm³/mol. The van der Waals surface area contributed by atoms with Crippen LogP contribution in [-0.2, 0) is 12.2 Å². The summed E-state index contributed by atoms with van der Waals surface area (Å²) < 4.78 is 12.6. The van der Waals surface area contributed by atoms with E-state index in [1.54, 1.807) is 13.4 Å². The topological polar surface area (TPSA) is 78.9 Å². The molecule has 2 heterocycles. The van der Waals surface area contributed by atoms with Crippen LogP contribution in [0.5, 0.6) is 5.75 Å². The highest BCUT2D eigenvalue weighted by atomic mass is 32.2. The van der Waals surface area contributed by atoms with E-state index in [1.807, 2.05) is 28.8 Å². The maximum absolute atomic E-state index is 5.40. The van der Waals surface area contributed by atoms with Crippen LogP contribution in [0.1, 0.15) is 25.6 Å². The molecule has 1 aromatic carbocycles. The molecule has 0 spiro atoms. The molecule has 0 amide bonds. The molecule has 126 valence electrons. The molecular weight excluding hydrogens is 326 g/mol. The smallest absolute Gasteiger partial charge is 0.237 e. The Kier molecular flexibility index (Phi) is 5.14. The van der Waals surface area contributed by atoms with Gasteiger partial charge in [-0.3, -0.25) is 4.57 Å². The third-order valence-electron chi connectivity index (χ3n) is 3.29. The van der Waals surface area contributed by atoms with Gasteiger partial charge in [-0.1, -0.05) is 42.9 Å². The van der Waals surface area contributed by atoms with E-state index in [1.165, 1.54) is 11.8 Å². The van der Waals surface area contributed by atoms with Crippen molar-refractivity contribution < 1.29 is 9.26 Å². The van der Waals surface area contributed by atoms with Crippen LogP contribution >= 0.6 is 11.8 Å². The molecule has 0 fully saturated rings. The molecular formula is C16H19N5O2S. The highest BCUT2D eigenvalue weighted by Crippen LogP contribution is 2.28. The van der Waals surface area contributed by atoms with E-state index in [4.69, 9.17) is 9.26 Å². The Morgan fingerprint density at radius 3 is 2.92 bits per heavy atom. The molecule has 0 bridgehead atoms. The number of ether oxygens (including phenoxy) is 1. The van der Waals surface area contributed by atoms with Crippen molar-refractivity contribution in [1.82, 2.24) is 24.9 Å². The Bertz CT molecular complexity index is 799. The Labute approximate surface area is 144 Å². The fourth-order valence-electron chi connectivity index (χ4n) is 2.24. The van der Waals surface area contributed by atoms with Crippen molar-refractivity contribution in [1.29, 1.82) is 0 Å². The minimum Gasteiger partial charge on any atom is -0.495 e. The van der Waals surface area contributed by atoms with E-state index in [0.29, 0.717) is 17.6 Å². The lowest BCUT2D eigenvalue weighted by Crippen LogP contribution is -1.99. The molecule has 0 radical (unpaired) electrons. The number of aromatic nitrogens is 5. The lowest BCUT2D eigenvalue weighted by molar-refractivity contribution is 0.382. The van der Waals surface area contributed by atoms with Gasteiger partial charge in [0.15, 0.2) is 11.0 Å². The minimum atomic E-state index is 0.497. The monoisotopic (exact) mass is 345 g/mol. The van der Waals surface area contributed by atoms with Crippen LogP contribution in [0.3, 0.4) is 0 Å². The Balaban J connectivity index is 1.73. The third-order valence-corrected chi connectivity index (χ3v) is 4.21. The van der Waals surface area contributed by atoms with Gasteiger partial charge in [0.2, 0.25) is 5.89 Å². The van der Waals surface area contributed by atoms with Gasteiger partial charge in [-0.25, -0.2) is 0 Å². The molecule has 0 unspecified atom stereocenters. The van der Waals surface area contributed by atoms with E-state index in [-0.39, 0.29) is 0 Å². The summed E-state index contributed by atoms with van der Waals surface area (Å²) in [6, 6.07) is 7.73. The van der Waals surface area contributed by atoms with Crippen LogP contribution in [0, 0.1) is 5.92 Å². The number of hydrogen-bond acceptors (Lipinski definition) is 7. The van der Waals surface area contributed by atoms with Crippen LogP contribution in [0.25, 0.3) is 5.69 Å². The van der Waals surface area contributed by atoms with E-state index < -0.39 is 0 Å². The van der Waals surface area contributed by atoms with Crippen LogP contribution in [0.15, 0.2) is 40.3 Å². The molecule has 0 saturated heterocycles. The fraction of sp³-hybridized carbons (Fsp3) is 0.375. The average Bonchev–Trinajstić information content (AvgIpc) is 3.21. The van der Waals surface area contributed by atoms with Gasteiger partial charge in [0.05, 0.1) is 18.6 Å². The molecule has 0 saturated carbocycles. The summed E-state index contributed by atoms with van der Waals surface area (Å²) in [5, 5.41) is 12.9. The van der Waals surface area contributed by atoms with E-state index in [9.17, 15) is 0 Å². The van der Waals surface area contributed by atoms with Gasteiger partial charge in [-0.2, -0.15) is 4.98 Å². The van der Waals surface area contributed by atoms with Gasteiger partial charge >= 0.3 is 0 Å². The standard InChI is InChI=1S/C16H19N5O2S/c1-11(2)8-14-18-15(23-20-14)9-24-16-19-17-10-21(16)12-6-4-5-7-13(12)22-3/h4-7,10-11H,8-9H2,1-3H3. The number of hydrogen-bond donors (Lipinski definition) is 0. The van der Waals surface area contributed by atoms with E-state index in [2.05, 4.69) is 34.2 Å². The Morgan fingerprint density at radius 1 is 1.29 bits per heavy atom. The first-order chi connectivity index (χ1) is 11.7. The molecule has 3 aromatic rings. The zero-order valence-electron chi connectivity index (χ0n) is 13.8. The van der Waals surface area contributed by atoms with Crippen molar-refractivity contribution >= 4 is 11.8 Å². The first kappa shape index (κ1) is 16.5. The maximum Gasteiger partial charge on any atom is 0.237 e. The lowest BCUT2D eigenvalue weighted by atomic mass is 10.1. The highest BCUT2D eigenvalue weighted by Gasteiger charge is 2.14. The molecule has 0 aliphatic carbocycles. The predicted octanol–water partition coefficient (Wildman–Crippen LogP) is 3.15. The number of thioether (sulfide) groups is 1. The summed E-state index contributed by atoms with van der Waals surface area (Å²) in [5.74, 6) is 3.13. The van der Waals surface area contributed by atoms with Gasteiger partial charge in [0, 0.05) is 6.42 Å². The van der Waals surface area contributed by atoms with Crippen LogP contribution in [-0.4, -0.2) is 32.0 Å². The normalized spacial score (nSPS) is 11.2. The summed E-state index contributed by atoms with van der Waals surface area (Å²) in [7, 11) is 1.64. The zero-order chi connectivity index (χ0) is 16.9. The second kappa shape index (κ2) is 7.48. The molecule has 0 aliphatic rings. The van der Waals surface area contributed by atoms with Crippen molar-refractivity contribution in [3.8, 4) is 11.4 Å². The highest BCUT2D eigenvalue weighted by molar-refractivity contribution is 7.98. The Morgan fingerprint density at radius 2 is 2.12 bits per heavy atom. The number of methoxy groups -OCH3 is 1. The van der Waals surface area contributed by atoms with Gasteiger partial charge in [0.25, 0.3) is 0 Å². The van der Waals surface area contributed by atoms with Crippen molar-refractivity contribution in [3.05, 3.63) is 42.3 Å². The number of rotatable bonds is 7. The molecule has 24 heavy (non-hydrogen) atoms. The molecule has 2 aromatic heterocycles. The second-order valence-corrected chi connectivity index (χ2v) is 6.59. The van der Waals surface area contributed by atoms with Crippen molar-refractivity contribution in [2.75, 3.05) is 7.11 Å². The Hall–Kier alpha value is -2.35. The molecule has 3 rings (SSSR count). The third kappa shape index (κ3) is 3.76. The van der Waals surface area contributed by atoms with Crippen molar-refractivity contribution in [3.63, 3.8) is 0 Å². The van der Waals surface area contributed by atoms with Crippen molar-refractivity contribution in [2.45, 2.75) is 31.2 Å². The SMILES string of the molecule is COc1ccccc1-n1cnnc1SCc1nc(CC(C)C)no1. The molecule has 8 heteroatoms. The minimum absolute atomic E-state index is 0.497. The van der Waals surface area contributed by atoms with Crippen LogP contribution in [0.4, 0.5) is 0 Å². The summed E-state index contributed by atoms with van der Waals surface area (Å²) in [4.78, 5) is 4.41. The van der Waals surface area contributed by atoms with Gasteiger partial charge in [-0.05, 0) is 18.1 Å². The lowest BCUT2D eigenvalue weighted by Gasteiger charge is -2.10. The van der Waals surface area contributed by atoms with E-state index >= 15 is 0 Å². The summed E-state index contributed by atoms with van der Waals surface area (Å²) >= 11 is 1.49. The summed E-state index contributed by atoms with van der Waals surface area (Å²) in [6.45, 7) is 4.25. The molecule has 0 N–H and O–H groups in total. The van der Waals surface area contributed by atoms with Crippen LogP contribution in [0.2, 0.25) is 0 Å². The van der Waals surface area contributed by atoms with E-state index in [0.717, 1.165) is 28.8 Å². The number of benzene rings is 1. The zero-order valence-corrected chi connectivity index (χ0v) is 14.7. The largest absolute Gasteiger partial charge is 0.495 e. The quantitative estimate of drug-likeness (QED) is 0.609. The average molecular weight is 345 g/mol. The first-order valence-corrected chi connectivity index (χ1v) is 8.63. The van der Waals surface area contributed by atoms with Gasteiger partial charge < -0.3 is 9.26 Å².